The molecule has 6 heteroatoms. The predicted molar refractivity (Wildman–Crippen MR) is 102 cm³/mol. The van der Waals surface area contributed by atoms with Crippen LogP contribution in [-0.4, -0.2) is 22.7 Å². The summed E-state index contributed by atoms with van der Waals surface area (Å²) in [4.78, 5) is 12.2. The largest absolute Gasteiger partial charge is 0.494 e. The smallest absolute Gasteiger partial charge is 0.256 e. The molecular weight excluding hydrogens is 328 g/mol. The maximum atomic E-state index is 12.2. The molecule has 0 bridgehead atoms. The molecule has 1 aromatic heterocycles. The van der Waals surface area contributed by atoms with Crippen molar-refractivity contribution in [2.45, 2.75) is 13.8 Å². The van der Waals surface area contributed by atoms with Crippen LogP contribution in [0.3, 0.4) is 0 Å². The highest BCUT2D eigenvalue weighted by Crippen LogP contribution is 2.19. The molecule has 0 radical (unpaired) electrons. The zero-order chi connectivity index (χ0) is 18.4. The van der Waals surface area contributed by atoms with E-state index in [1.165, 1.54) is 0 Å². The minimum absolute atomic E-state index is 0.213. The standard InChI is InChI=1S/C20H20N4O2/c1-3-26-17-9-7-16(8-10-17)21-18-11-12-19(24-23-18)22-20(25)15-6-4-5-14(2)13-15/h4-13H,3H2,1-2H3,(H,21,23)(H,22,24,25). The number of rotatable bonds is 6. The molecule has 0 unspecified atom stereocenters. The maximum absolute atomic E-state index is 12.2. The quantitative estimate of drug-likeness (QED) is 0.699. The summed E-state index contributed by atoms with van der Waals surface area (Å²) in [5, 5.41) is 14.0. The number of hydrogen-bond donors (Lipinski definition) is 2. The number of amides is 1. The summed E-state index contributed by atoms with van der Waals surface area (Å²) < 4.78 is 5.41. The Hall–Kier alpha value is -3.41. The number of hydrogen-bond acceptors (Lipinski definition) is 5. The summed E-state index contributed by atoms with van der Waals surface area (Å²) in [6.07, 6.45) is 0. The molecule has 1 amide bonds. The van der Waals surface area contributed by atoms with Crippen molar-refractivity contribution in [2.24, 2.45) is 0 Å². The molecule has 3 aromatic rings. The number of aryl methyl sites for hydroxylation is 1. The van der Waals surface area contributed by atoms with Gasteiger partial charge in [-0.2, -0.15) is 0 Å². The average molecular weight is 348 g/mol. The van der Waals surface area contributed by atoms with E-state index in [-0.39, 0.29) is 5.91 Å². The maximum Gasteiger partial charge on any atom is 0.256 e. The molecule has 0 fully saturated rings. The van der Waals surface area contributed by atoms with Gasteiger partial charge in [-0.05, 0) is 62.4 Å². The molecule has 0 aliphatic rings. The third-order valence-corrected chi connectivity index (χ3v) is 3.62. The van der Waals surface area contributed by atoms with Gasteiger partial charge in [0, 0.05) is 11.3 Å². The van der Waals surface area contributed by atoms with Crippen molar-refractivity contribution in [3.63, 3.8) is 0 Å². The second-order valence-corrected chi connectivity index (χ2v) is 5.71. The predicted octanol–water partition coefficient (Wildman–Crippen LogP) is 4.18. The lowest BCUT2D eigenvalue weighted by atomic mass is 10.1. The molecule has 26 heavy (non-hydrogen) atoms. The van der Waals surface area contributed by atoms with E-state index in [1.807, 2.05) is 56.3 Å². The van der Waals surface area contributed by atoms with Gasteiger partial charge in [0.2, 0.25) is 0 Å². The van der Waals surface area contributed by atoms with Gasteiger partial charge in [0.25, 0.3) is 5.91 Å². The molecule has 3 rings (SSSR count). The summed E-state index contributed by atoms with van der Waals surface area (Å²) in [5.74, 6) is 1.59. The van der Waals surface area contributed by atoms with E-state index in [9.17, 15) is 4.79 Å². The molecule has 0 spiro atoms. The third-order valence-electron chi connectivity index (χ3n) is 3.62. The zero-order valence-electron chi connectivity index (χ0n) is 14.7. The molecule has 2 aromatic carbocycles. The Labute approximate surface area is 152 Å². The number of nitrogens with zero attached hydrogens (tertiary/aromatic N) is 2. The van der Waals surface area contributed by atoms with Crippen molar-refractivity contribution < 1.29 is 9.53 Å². The first-order valence-electron chi connectivity index (χ1n) is 8.35. The topological polar surface area (TPSA) is 76.1 Å². The number of ether oxygens (including phenoxy) is 1. The van der Waals surface area contributed by atoms with Crippen LogP contribution in [0.2, 0.25) is 0 Å². The van der Waals surface area contributed by atoms with Crippen LogP contribution in [0.4, 0.5) is 17.3 Å². The van der Waals surface area contributed by atoms with Crippen LogP contribution in [0, 0.1) is 6.92 Å². The first-order chi connectivity index (χ1) is 12.6. The lowest BCUT2D eigenvalue weighted by molar-refractivity contribution is 0.102. The first kappa shape index (κ1) is 17.4. The number of aromatic nitrogens is 2. The van der Waals surface area contributed by atoms with Gasteiger partial charge in [0.1, 0.15) is 5.75 Å². The van der Waals surface area contributed by atoms with Gasteiger partial charge in [0.05, 0.1) is 6.61 Å². The molecule has 1 heterocycles. The van der Waals surface area contributed by atoms with Gasteiger partial charge in [-0.1, -0.05) is 17.7 Å². The number of anilines is 3. The van der Waals surface area contributed by atoms with E-state index in [2.05, 4.69) is 20.8 Å². The Morgan fingerprint density at radius 2 is 1.73 bits per heavy atom. The Morgan fingerprint density at radius 3 is 2.38 bits per heavy atom. The van der Waals surface area contributed by atoms with Crippen LogP contribution in [0.15, 0.2) is 60.7 Å². The Morgan fingerprint density at radius 1 is 1.00 bits per heavy atom. The van der Waals surface area contributed by atoms with Crippen molar-refractivity contribution in [3.05, 3.63) is 71.8 Å². The fraction of sp³-hybridized carbons (Fsp3) is 0.150. The van der Waals surface area contributed by atoms with Gasteiger partial charge in [-0.15, -0.1) is 10.2 Å². The van der Waals surface area contributed by atoms with Crippen molar-refractivity contribution in [1.29, 1.82) is 0 Å². The van der Waals surface area contributed by atoms with E-state index in [0.717, 1.165) is 17.0 Å². The lowest BCUT2D eigenvalue weighted by Crippen LogP contribution is -2.13. The van der Waals surface area contributed by atoms with Crippen LogP contribution in [-0.2, 0) is 0 Å². The van der Waals surface area contributed by atoms with Crippen molar-refractivity contribution in [1.82, 2.24) is 10.2 Å². The highest BCUT2D eigenvalue weighted by atomic mass is 16.5. The van der Waals surface area contributed by atoms with E-state index in [1.54, 1.807) is 18.2 Å². The summed E-state index contributed by atoms with van der Waals surface area (Å²) >= 11 is 0. The number of nitrogens with one attached hydrogen (secondary N) is 2. The normalized spacial score (nSPS) is 10.2. The molecule has 132 valence electrons. The lowest BCUT2D eigenvalue weighted by Gasteiger charge is -2.08. The van der Waals surface area contributed by atoms with Crippen LogP contribution in [0.5, 0.6) is 5.75 Å². The molecule has 0 atom stereocenters. The molecular formula is C20H20N4O2. The molecule has 0 aliphatic carbocycles. The first-order valence-corrected chi connectivity index (χ1v) is 8.35. The molecule has 0 aliphatic heterocycles. The molecule has 6 nitrogen and oxygen atoms in total. The SMILES string of the molecule is CCOc1ccc(Nc2ccc(NC(=O)c3cccc(C)c3)nn2)cc1. The molecule has 0 saturated heterocycles. The van der Waals surface area contributed by atoms with Gasteiger partial charge >= 0.3 is 0 Å². The van der Waals surface area contributed by atoms with Gasteiger partial charge in [0.15, 0.2) is 11.6 Å². The van der Waals surface area contributed by atoms with Crippen molar-refractivity contribution in [3.8, 4) is 5.75 Å². The second-order valence-electron chi connectivity index (χ2n) is 5.71. The average Bonchev–Trinajstić information content (AvgIpc) is 2.65. The number of benzene rings is 2. The highest BCUT2D eigenvalue weighted by molar-refractivity contribution is 6.03. The highest BCUT2D eigenvalue weighted by Gasteiger charge is 2.07. The van der Waals surface area contributed by atoms with Gasteiger partial charge in [-0.3, -0.25) is 4.79 Å². The van der Waals surface area contributed by atoms with E-state index < -0.39 is 0 Å². The minimum atomic E-state index is -0.213. The van der Waals surface area contributed by atoms with E-state index in [0.29, 0.717) is 23.8 Å². The molecule has 0 saturated carbocycles. The summed E-state index contributed by atoms with van der Waals surface area (Å²) in [6.45, 7) is 4.52. The van der Waals surface area contributed by atoms with Crippen LogP contribution in [0.1, 0.15) is 22.8 Å². The van der Waals surface area contributed by atoms with Gasteiger partial charge < -0.3 is 15.4 Å². The van der Waals surface area contributed by atoms with E-state index >= 15 is 0 Å². The third kappa shape index (κ3) is 4.57. The zero-order valence-corrected chi connectivity index (χ0v) is 14.7. The van der Waals surface area contributed by atoms with Crippen LogP contribution in [0.25, 0.3) is 0 Å². The molecule has 2 N–H and O–H groups in total. The van der Waals surface area contributed by atoms with Crippen molar-refractivity contribution in [2.75, 3.05) is 17.2 Å². The fourth-order valence-electron chi connectivity index (χ4n) is 2.39. The number of carbonyl (C=O) groups excluding carboxylic acids is 1. The minimum Gasteiger partial charge on any atom is -0.494 e. The summed E-state index contributed by atoms with van der Waals surface area (Å²) in [7, 11) is 0. The van der Waals surface area contributed by atoms with E-state index in [4.69, 9.17) is 4.74 Å². The Balaban J connectivity index is 1.62. The number of carbonyl (C=O) groups is 1. The Bertz CT molecular complexity index is 877. The van der Waals surface area contributed by atoms with Crippen molar-refractivity contribution >= 4 is 23.2 Å². The summed E-state index contributed by atoms with van der Waals surface area (Å²) in [6, 6.07) is 18.4. The second kappa shape index (κ2) is 8.11. The monoisotopic (exact) mass is 348 g/mol. The van der Waals surface area contributed by atoms with Gasteiger partial charge in [-0.25, -0.2) is 0 Å². The van der Waals surface area contributed by atoms with Crippen LogP contribution >= 0.6 is 0 Å². The van der Waals surface area contributed by atoms with Crippen LogP contribution < -0.4 is 15.4 Å². The fourth-order valence-corrected chi connectivity index (χ4v) is 2.39. The summed E-state index contributed by atoms with van der Waals surface area (Å²) in [5.41, 5.74) is 2.49. The Kier molecular flexibility index (Phi) is 5.43.